The molecule has 0 aliphatic heterocycles. The second-order valence-electron chi connectivity index (χ2n) is 11.9. The van der Waals surface area contributed by atoms with Crippen LogP contribution in [-0.2, 0) is 10.9 Å². The molecular formula is C34H35F3N6O4S. The van der Waals surface area contributed by atoms with Gasteiger partial charge < -0.3 is 25.8 Å². The van der Waals surface area contributed by atoms with Crippen molar-refractivity contribution in [2.24, 2.45) is 5.73 Å². The van der Waals surface area contributed by atoms with E-state index in [1.165, 1.54) is 25.1 Å². The number of amides is 2. The zero-order valence-electron chi connectivity index (χ0n) is 26.7. The van der Waals surface area contributed by atoms with E-state index < -0.39 is 35.4 Å². The number of benzene rings is 2. The molecule has 0 aliphatic carbocycles. The number of pyridine rings is 1. The highest BCUT2D eigenvalue weighted by Gasteiger charge is 2.35. The lowest BCUT2D eigenvalue weighted by Crippen LogP contribution is -2.33. The number of nitrogens with two attached hydrogens (primary N) is 1. The molecular weight excluding hydrogens is 645 g/mol. The quantitative estimate of drug-likeness (QED) is 0.122. The number of alkyl carbamates (subject to hydrolysis) is 1. The SMILES string of the molecule is C[C@@H](Oc1cc(-n2cnc3cc(-c4ccnc(NCCCNC(=O)OC(C)(C)C)c4)ccc32)sc1C(N)=O)c1ccccc1C(F)(F)F. The number of fused-ring (bicyclic) bond motifs is 1. The number of carbonyl (C=O) groups is 2. The summed E-state index contributed by atoms with van der Waals surface area (Å²) < 4.78 is 53.8. The predicted octanol–water partition coefficient (Wildman–Crippen LogP) is 7.73. The summed E-state index contributed by atoms with van der Waals surface area (Å²) in [5, 5.41) is 6.55. The van der Waals surface area contributed by atoms with Crippen LogP contribution in [0.15, 0.2) is 73.2 Å². The van der Waals surface area contributed by atoms with E-state index in [1.54, 1.807) is 23.2 Å². The molecule has 48 heavy (non-hydrogen) atoms. The van der Waals surface area contributed by atoms with Gasteiger partial charge in [-0.2, -0.15) is 13.2 Å². The molecule has 0 spiro atoms. The number of carbonyl (C=O) groups excluding carboxylic acids is 2. The van der Waals surface area contributed by atoms with Gasteiger partial charge in [0.15, 0.2) is 0 Å². The first kappa shape index (κ1) is 34.2. The molecule has 5 rings (SSSR count). The van der Waals surface area contributed by atoms with Crippen molar-refractivity contribution in [2.75, 3.05) is 18.4 Å². The number of rotatable bonds is 11. The number of alkyl halides is 3. The van der Waals surface area contributed by atoms with E-state index in [2.05, 4.69) is 20.6 Å². The van der Waals surface area contributed by atoms with Gasteiger partial charge in [-0.3, -0.25) is 9.36 Å². The van der Waals surface area contributed by atoms with Gasteiger partial charge in [-0.05, 0) is 75.6 Å². The largest absolute Gasteiger partial charge is 0.484 e. The fourth-order valence-electron chi connectivity index (χ4n) is 4.99. The molecule has 0 saturated heterocycles. The zero-order chi connectivity index (χ0) is 34.6. The van der Waals surface area contributed by atoms with E-state index in [-0.39, 0.29) is 16.2 Å². The molecule has 5 aromatic rings. The van der Waals surface area contributed by atoms with Gasteiger partial charge in [0.25, 0.3) is 5.91 Å². The van der Waals surface area contributed by atoms with E-state index in [9.17, 15) is 22.8 Å². The van der Waals surface area contributed by atoms with Crippen molar-refractivity contribution < 1.29 is 32.2 Å². The van der Waals surface area contributed by atoms with Gasteiger partial charge >= 0.3 is 12.3 Å². The lowest BCUT2D eigenvalue weighted by molar-refractivity contribution is -0.139. The monoisotopic (exact) mass is 680 g/mol. The van der Waals surface area contributed by atoms with Crippen molar-refractivity contribution in [1.82, 2.24) is 19.9 Å². The maximum absolute atomic E-state index is 13.6. The average molecular weight is 681 g/mol. The van der Waals surface area contributed by atoms with E-state index in [0.717, 1.165) is 34.0 Å². The molecule has 0 fully saturated rings. The van der Waals surface area contributed by atoms with Crippen molar-refractivity contribution in [3.05, 3.63) is 89.2 Å². The number of hydrogen-bond acceptors (Lipinski definition) is 8. The average Bonchev–Trinajstić information content (AvgIpc) is 3.63. The van der Waals surface area contributed by atoms with Crippen LogP contribution in [0, 0.1) is 0 Å². The van der Waals surface area contributed by atoms with Crippen molar-refractivity contribution in [2.45, 2.75) is 52.0 Å². The molecule has 4 N–H and O–H groups in total. The molecule has 252 valence electrons. The Morgan fingerprint density at radius 1 is 1.00 bits per heavy atom. The van der Waals surface area contributed by atoms with Crippen LogP contribution >= 0.6 is 11.3 Å². The van der Waals surface area contributed by atoms with Crippen LogP contribution in [0.3, 0.4) is 0 Å². The van der Waals surface area contributed by atoms with Crippen LogP contribution in [0.25, 0.3) is 27.2 Å². The Labute approximate surface area is 279 Å². The van der Waals surface area contributed by atoms with E-state index >= 15 is 0 Å². The molecule has 2 amide bonds. The normalized spacial score (nSPS) is 12.5. The van der Waals surface area contributed by atoms with Gasteiger partial charge in [0, 0.05) is 30.9 Å². The Bertz CT molecular complexity index is 1930. The molecule has 0 radical (unpaired) electrons. The minimum absolute atomic E-state index is 0.0570. The molecule has 3 aromatic heterocycles. The molecule has 0 unspecified atom stereocenters. The smallest absolute Gasteiger partial charge is 0.416 e. The molecule has 3 heterocycles. The van der Waals surface area contributed by atoms with Crippen molar-refractivity contribution in [1.29, 1.82) is 0 Å². The lowest BCUT2D eigenvalue weighted by atomic mass is 10.0. The Morgan fingerprint density at radius 2 is 1.75 bits per heavy atom. The molecule has 1 atom stereocenters. The summed E-state index contributed by atoms with van der Waals surface area (Å²) in [7, 11) is 0. The fourth-order valence-corrected chi connectivity index (χ4v) is 5.91. The summed E-state index contributed by atoms with van der Waals surface area (Å²) in [6.07, 6.45) is -2.07. The predicted molar refractivity (Wildman–Crippen MR) is 179 cm³/mol. The second-order valence-corrected chi connectivity index (χ2v) is 13.0. The second kappa shape index (κ2) is 13.9. The molecule has 14 heteroatoms. The van der Waals surface area contributed by atoms with Gasteiger partial charge in [0.2, 0.25) is 0 Å². The number of ether oxygens (including phenoxy) is 2. The summed E-state index contributed by atoms with van der Waals surface area (Å²) >= 11 is 1.06. The first-order valence-corrected chi connectivity index (χ1v) is 15.9. The van der Waals surface area contributed by atoms with Crippen LogP contribution in [0.4, 0.5) is 23.8 Å². The standard InChI is InChI=1S/C34H35F3N6O4S/c1-20(23-8-5-6-9-24(23)34(35,36)37)46-27-18-29(48-30(27)31(38)44)43-19-42-25-16-21(10-11-26(25)43)22-12-15-40-28(17-22)39-13-7-14-41-32(45)47-33(2,3)4/h5-6,8-12,15-20H,7,13-14H2,1-4H3,(H2,38,44)(H,39,40)(H,41,45)/t20-/m1/s1. The Morgan fingerprint density at radius 3 is 2.48 bits per heavy atom. The van der Waals surface area contributed by atoms with E-state index in [4.69, 9.17) is 15.2 Å². The third-order valence-corrected chi connectivity index (χ3v) is 8.25. The van der Waals surface area contributed by atoms with E-state index in [0.29, 0.717) is 35.8 Å². The highest BCUT2D eigenvalue weighted by molar-refractivity contribution is 7.16. The maximum atomic E-state index is 13.6. The molecule has 0 aliphatic rings. The third kappa shape index (κ3) is 8.23. The lowest BCUT2D eigenvalue weighted by Gasteiger charge is -2.19. The maximum Gasteiger partial charge on any atom is 0.416 e. The summed E-state index contributed by atoms with van der Waals surface area (Å²) in [6, 6.07) is 16.3. The van der Waals surface area contributed by atoms with Gasteiger partial charge in [-0.1, -0.05) is 24.3 Å². The Balaban J connectivity index is 1.30. The highest BCUT2D eigenvalue weighted by atomic mass is 32.1. The number of imidazole rings is 1. The highest BCUT2D eigenvalue weighted by Crippen LogP contribution is 2.39. The number of aromatic nitrogens is 3. The zero-order valence-corrected chi connectivity index (χ0v) is 27.5. The summed E-state index contributed by atoms with van der Waals surface area (Å²) in [6.45, 7) is 7.95. The van der Waals surface area contributed by atoms with Crippen LogP contribution < -0.4 is 21.1 Å². The molecule has 10 nitrogen and oxygen atoms in total. The van der Waals surface area contributed by atoms with Crippen LogP contribution in [0.5, 0.6) is 5.75 Å². The Hall–Kier alpha value is -5.11. The van der Waals surface area contributed by atoms with Crippen molar-refractivity contribution >= 4 is 40.2 Å². The molecule has 2 aromatic carbocycles. The van der Waals surface area contributed by atoms with Gasteiger partial charge in [-0.15, -0.1) is 11.3 Å². The summed E-state index contributed by atoms with van der Waals surface area (Å²) in [4.78, 5) is 33.2. The van der Waals surface area contributed by atoms with Gasteiger partial charge in [0.1, 0.15) is 39.5 Å². The number of hydrogen-bond donors (Lipinski definition) is 3. The first-order valence-electron chi connectivity index (χ1n) is 15.1. The number of primary amides is 1. The third-order valence-electron chi connectivity index (χ3n) is 7.12. The number of anilines is 1. The fraction of sp³-hybridized carbons (Fsp3) is 0.294. The topological polar surface area (TPSA) is 133 Å². The Kier molecular flexibility index (Phi) is 9.94. The van der Waals surface area contributed by atoms with Crippen LogP contribution in [-0.4, -0.2) is 45.2 Å². The number of nitrogens with one attached hydrogen (secondary N) is 2. The number of thiophene rings is 1. The number of nitrogens with zero attached hydrogens (tertiary/aromatic N) is 3. The number of halogens is 3. The van der Waals surface area contributed by atoms with Crippen LogP contribution in [0.1, 0.15) is 61.0 Å². The summed E-state index contributed by atoms with van der Waals surface area (Å²) in [5.41, 5.74) is 7.44. The minimum atomic E-state index is -4.56. The minimum Gasteiger partial charge on any atom is -0.484 e. The van der Waals surface area contributed by atoms with Crippen LogP contribution in [0.2, 0.25) is 0 Å². The van der Waals surface area contributed by atoms with Crippen molar-refractivity contribution in [3.8, 4) is 21.9 Å². The molecule has 0 bridgehead atoms. The molecule has 0 saturated carbocycles. The van der Waals surface area contributed by atoms with Gasteiger partial charge in [0.05, 0.1) is 16.6 Å². The van der Waals surface area contributed by atoms with Gasteiger partial charge in [-0.25, -0.2) is 14.8 Å². The van der Waals surface area contributed by atoms with Crippen molar-refractivity contribution in [3.63, 3.8) is 0 Å². The first-order chi connectivity index (χ1) is 22.7. The van der Waals surface area contributed by atoms with E-state index in [1.807, 2.05) is 51.1 Å². The summed E-state index contributed by atoms with van der Waals surface area (Å²) in [5.74, 6) is 0.00104.